The zero-order valence-corrected chi connectivity index (χ0v) is 13.5. The first kappa shape index (κ1) is 15.6. The van der Waals surface area contributed by atoms with Crippen LogP contribution in [-0.4, -0.2) is 23.8 Å². The number of rotatable bonds is 3. The lowest BCUT2D eigenvalue weighted by Gasteiger charge is -2.25. The van der Waals surface area contributed by atoms with Gasteiger partial charge in [-0.15, -0.1) is 0 Å². The summed E-state index contributed by atoms with van der Waals surface area (Å²) in [7, 11) is 1.74. The van der Waals surface area contributed by atoms with E-state index >= 15 is 0 Å². The number of carbonyl (C=O) groups is 2. The summed E-state index contributed by atoms with van der Waals surface area (Å²) in [5.41, 5.74) is 1.52. The van der Waals surface area contributed by atoms with Crippen LogP contribution in [0.5, 0.6) is 0 Å². The minimum Gasteiger partial charge on any atom is -0.338 e. The first-order valence-electron chi connectivity index (χ1n) is 7.44. The lowest BCUT2D eigenvalue weighted by molar-refractivity contribution is -0.127. The summed E-state index contributed by atoms with van der Waals surface area (Å²) >= 11 is 6.09. The average Bonchev–Trinajstić information content (AvgIpc) is 2.86. The van der Waals surface area contributed by atoms with Crippen molar-refractivity contribution in [2.75, 3.05) is 12.4 Å². The second kappa shape index (κ2) is 6.42. The number of halogens is 1. The minimum absolute atomic E-state index is 0.0295. The number of likely N-dealkylation sites (tertiary alicyclic amines) is 1. The maximum atomic E-state index is 12.7. The van der Waals surface area contributed by atoms with Crippen molar-refractivity contribution < 1.29 is 9.59 Å². The number of nitrogens with zero attached hydrogens (tertiary/aromatic N) is 1. The van der Waals surface area contributed by atoms with Gasteiger partial charge in [0.2, 0.25) is 11.8 Å². The molecule has 3 rings (SSSR count). The highest BCUT2D eigenvalue weighted by Crippen LogP contribution is 2.37. The summed E-state index contributed by atoms with van der Waals surface area (Å²) in [6, 6.07) is 16.4. The van der Waals surface area contributed by atoms with Gasteiger partial charge in [-0.05, 0) is 17.7 Å². The van der Waals surface area contributed by atoms with Crippen LogP contribution in [0.2, 0.25) is 5.02 Å². The molecule has 1 saturated heterocycles. The second-order valence-electron chi connectivity index (χ2n) is 5.64. The molecular weight excluding hydrogens is 312 g/mol. The van der Waals surface area contributed by atoms with Crippen molar-refractivity contribution in [2.24, 2.45) is 5.92 Å². The van der Waals surface area contributed by atoms with Crippen molar-refractivity contribution in [1.82, 2.24) is 4.90 Å². The van der Waals surface area contributed by atoms with Gasteiger partial charge in [0.1, 0.15) is 0 Å². The number of hydrogen-bond donors (Lipinski definition) is 1. The van der Waals surface area contributed by atoms with Crippen LogP contribution in [0.15, 0.2) is 54.6 Å². The molecule has 2 aromatic rings. The van der Waals surface area contributed by atoms with E-state index in [2.05, 4.69) is 5.32 Å². The normalized spacial score (nSPS) is 20.6. The van der Waals surface area contributed by atoms with Gasteiger partial charge in [0, 0.05) is 13.5 Å². The van der Waals surface area contributed by atoms with Crippen LogP contribution in [0.3, 0.4) is 0 Å². The molecule has 2 amide bonds. The summed E-state index contributed by atoms with van der Waals surface area (Å²) in [6.45, 7) is 0. The van der Waals surface area contributed by atoms with Crippen molar-refractivity contribution in [1.29, 1.82) is 0 Å². The molecule has 0 radical (unpaired) electrons. The zero-order valence-electron chi connectivity index (χ0n) is 12.7. The van der Waals surface area contributed by atoms with E-state index in [1.165, 1.54) is 0 Å². The van der Waals surface area contributed by atoms with Crippen LogP contribution in [-0.2, 0) is 9.59 Å². The molecule has 0 spiro atoms. The molecule has 0 aliphatic carbocycles. The molecule has 1 heterocycles. The smallest absolute Gasteiger partial charge is 0.230 e. The van der Waals surface area contributed by atoms with Gasteiger partial charge in [0.25, 0.3) is 0 Å². The third-order valence-electron chi connectivity index (χ3n) is 4.20. The van der Waals surface area contributed by atoms with E-state index in [1.807, 2.05) is 36.4 Å². The fraction of sp³-hybridized carbons (Fsp3) is 0.222. The Morgan fingerprint density at radius 1 is 1.13 bits per heavy atom. The molecule has 23 heavy (non-hydrogen) atoms. The Hall–Kier alpha value is -2.33. The molecule has 118 valence electrons. The highest BCUT2D eigenvalue weighted by atomic mass is 35.5. The fourth-order valence-corrected chi connectivity index (χ4v) is 3.18. The van der Waals surface area contributed by atoms with E-state index in [1.54, 1.807) is 30.1 Å². The Balaban J connectivity index is 1.86. The molecule has 0 bridgehead atoms. The van der Waals surface area contributed by atoms with Crippen molar-refractivity contribution >= 4 is 29.1 Å². The third kappa shape index (κ3) is 3.08. The van der Waals surface area contributed by atoms with Crippen LogP contribution in [0.4, 0.5) is 5.69 Å². The maximum Gasteiger partial charge on any atom is 0.230 e. The van der Waals surface area contributed by atoms with Gasteiger partial charge in [0.15, 0.2) is 0 Å². The monoisotopic (exact) mass is 328 g/mol. The van der Waals surface area contributed by atoms with E-state index in [9.17, 15) is 9.59 Å². The Labute approximate surface area is 140 Å². The summed E-state index contributed by atoms with van der Waals surface area (Å²) in [5, 5.41) is 3.32. The highest BCUT2D eigenvalue weighted by molar-refractivity contribution is 6.33. The number of para-hydroxylation sites is 1. The van der Waals surface area contributed by atoms with E-state index in [4.69, 9.17) is 11.6 Å². The number of carbonyl (C=O) groups excluding carboxylic acids is 2. The van der Waals surface area contributed by atoms with E-state index in [0.29, 0.717) is 10.7 Å². The molecular formula is C18H17ClN2O2. The first-order chi connectivity index (χ1) is 11.1. The van der Waals surface area contributed by atoms with Crippen LogP contribution < -0.4 is 5.32 Å². The molecule has 0 unspecified atom stereocenters. The number of anilines is 1. The minimum atomic E-state index is -0.439. The zero-order chi connectivity index (χ0) is 16.4. The lowest BCUT2D eigenvalue weighted by Crippen LogP contribution is -2.30. The summed E-state index contributed by atoms with van der Waals surface area (Å²) in [4.78, 5) is 26.5. The Morgan fingerprint density at radius 2 is 1.78 bits per heavy atom. The predicted molar refractivity (Wildman–Crippen MR) is 90.1 cm³/mol. The topological polar surface area (TPSA) is 49.4 Å². The van der Waals surface area contributed by atoms with Crippen LogP contribution in [0.25, 0.3) is 0 Å². The summed E-state index contributed by atoms with van der Waals surface area (Å²) in [6.07, 6.45) is 0.201. The van der Waals surface area contributed by atoms with Gasteiger partial charge in [-0.2, -0.15) is 0 Å². The van der Waals surface area contributed by atoms with Crippen LogP contribution in [0.1, 0.15) is 18.0 Å². The van der Waals surface area contributed by atoms with E-state index in [0.717, 1.165) is 5.56 Å². The van der Waals surface area contributed by atoms with Crippen molar-refractivity contribution in [3.05, 3.63) is 65.2 Å². The molecule has 1 fully saturated rings. The maximum absolute atomic E-state index is 12.7. The molecule has 4 nitrogen and oxygen atoms in total. The molecule has 5 heteroatoms. The third-order valence-corrected chi connectivity index (χ3v) is 4.53. The van der Waals surface area contributed by atoms with Gasteiger partial charge >= 0.3 is 0 Å². The summed E-state index contributed by atoms with van der Waals surface area (Å²) < 4.78 is 0. The van der Waals surface area contributed by atoms with Gasteiger partial charge < -0.3 is 10.2 Å². The van der Waals surface area contributed by atoms with Crippen LogP contribution in [0, 0.1) is 5.92 Å². The molecule has 1 aliphatic heterocycles. The van der Waals surface area contributed by atoms with Gasteiger partial charge in [-0.25, -0.2) is 0 Å². The number of nitrogens with one attached hydrogen (secondary N) is 1. The van der Waals surface area contributed by atoms with Crippen molar-refractivity contribution in [2.45, 2.75) is 12.5 Å². The quantitative estimate of drug-likeness (QED) is 0.937. The number of hydrogen-bond acceptors (Lipinski definition) is 2. The lowest BCUT2D eigenvalue weighted by atomic mass is 9.93. The molecule has 2 atom stereocenters. The van der Waals surface area contributed by atoms with Crippen LogP contribution >= 0.6 is 11.6 Å². The Morgan fingerprint density at radius 3 is 2.48 bits per heavy atom. The SMILES string of the molecule is CN1C(=O)C[C@H](C(=O)Nc2ccccc2Cl)[C@H]1c1ccccc1. The number of benzene rings is 2. The largest absolute Gasteiger partial charge is 0.338 e. The highest BCUT2D eigenvalue weighted by Gasteiger charge is 2.42. The van der Waals surface area contributed by atoms with E-state index < -0.39 is 5.92 Å². The average molecular weight is 329 g/mol. The molecule has 1 N–H and O–H groups in total. The molecule has 0 saturated carbocycles. The number of amides is 2. The first-order valence-corrected chi connectivity index (χ1v) is 7.81. The Kier molecular flexibility index (Phi) is 4.35. The fourth-order valence-electron chi connectivity index (χ4n) is 3.00. The van der Waals surface area contributed by atoms with Crippen molar-refractivity contribution in [3.8, 4) is 0 Å². The summed E-state index contributed by atoms with van der Waals surface area (Å²) in [5.74, 6) is -0.658. The standard InChI is InChI=1S/C18H17ClN2O2/c1-21-16(22)11-13(17(21)12-7-3-2-4-8-12)18(23)20-15-10-6-5-9-14(15)19/h2-10,13,17H,11H2,1H3,(H,20,23)/t13-,17+/m0/s1. The van der Waals surface area contributed by atoms with Gasteiger partial charge in [-0.3, -0.25) is 9.59 Å². The van der Waals surface area contributed by atoms with Crippen molar-refractivity contribution in [3.63, 3.8) is 0 Å². The van der Waals surface area contributed by atoms with E-state index in [-0.39, 0.29) is 24.3 Å². The Bertz CT molecular complexity index is 733. The molecule has 2 aromatic carbocycles. The second-order valence-corrected chi connectivity index (χ2v) is 6.05. The van der Waals surface area contributed by atoms with Gasteiger partial charge in [-0.1, -0.05) is 54.1 Å². The molecule has 1 aliphatic rings. The molecule has 0 aromatic heterocycles. The van der Waals surface area contributed by atoms with Gasteiger partial charge in [0.05, 0.1) is 22.7 Å². The predicted octanol–water partition coefficient (Wildman–Crippen LogP) is 3.50.